The fourth-order valence-corrected chi connectivity index (χ4v) is 2.36. The number of benzene rings is 2. The normalized spacial score (nSPS) is 12.4. The van der Waals surface area contributed by atoms with E-state index >= 15 is 0 Å². The molecule has 0 heterocycles. The minimum Gasteiger partial charge on any atom is -0.384 e. The van der Waals surface area contributed by atoms with Crippen LogP contribution in [0.5, 0.6) is 0 Å². The Hall–Kier alpha value is -1.78. The van der Waals surface area contributed by atoms with Crippen LogP contribution in [-0.4, -0.2) is 20.8 Å². The maximum Gasteiger partial charge on any atom is 0.131 e. The first kappa shape index (κ1) is 15.6. The molecule has 21 heavy (non-hydrogen) atoms. The number of hydrogen-bond donors (Lipinski definition) is 1. The molecule has 0 saturated carbocycles. The molecule has 2 rings (SSSR count). The minimum atomic E-state index is -0.544. The zero-order valence-corrected chi connectivity index (χ0v) is 12.2. The molecule has 0 radical (unpaired) electrons. The molecule has 0 aliphatic carbocycles. The molecule has 1 N–H and O–H groups in total. The van der Waals surface area contributed by atoms with Crippen molar-refractivity contribution in [2.24, 2.45) is 0 Å². The van der Waals surface area contributed by atoms with Crippen molar-refractivity contribution in [1.82, 2.24) is 5.32 Å². The van der Waals surface area contributed by atoms with E-state index in [1.165, 1.54) is 18.2 Å². The number of rotatable bonds is 6. The van der Waals surface area contributed by atoms with Gasteiger partial charge in [0.15, 0.2) is 0 Å². The zero-order chi connectivity index (χ0) is 15.2. The Morgan fingerprint density at radius 2 is 1.67 bits per heavy atom. The Bertz CT molecular complexity index is 564. The van der Waals surface area contributed by atoms with Gasteiger partial charge in [0.25, 0.3) is 0 Å². The Morgan fingerprint density at radius 3 is 2.19 bits per heavy atom. The van der Waals surface area contributed by atoms with E-state index in [9.17, 15) is 8.78 Å². The second-order valence-electron chi connectivity index (χ2n) is 4.84. The number of methoxy groups -OCH3 is 1. The van der Waals surface area contributed by atoms with Gasteiger partial charge < -0.3 is 10.1 Å². The highest BCUT2D eigenvalue weighted by Crippen LogP contribution is 2.26. The summed E-state index contributed by atoms with van der Waals surface area (Å²) in [6, 6.07) is 11.1. The Morgan fingerprint density at radius 1 is 1.05 bits per heavy atom. The first-order valence-electron chi connectivity index (χ1n) is 6.86. The van der Waals surface area contributed by atoms with Crippen molar-refractivity contribution in [3.8, 4) is 0 Å². The zero-order valence-electron chi connectivity index (χ0n) is 12.2. The molecular weight excluding hydrogens is 272 g/mol. The molecule has 2 aromatic carbocycles. The van der Waals surface area contributed by atoms with Gasteiger partial charge >= 0.3 is 0 Å². The Labute approximate surface area is 123 Å². The number of hydrogen-bond acceptors (Lipinski definition) is 2. The van der Waals surface area contributed by atoms with Crippen LogP contribution in [0.3, 0.4) is 0 Å². The summed E-state index contributed by atoms with van der Waals surface area (Å²) < 4.78 is 32.9. The molecule has 2 aromatic rings. The van der Waals surface area contributed by atoms with E-state index in [1.807, 2.05) is 24.3 Å². The van der Waals surface area contributed by atoms with Crippen molar-refractivity contribution in [3.05, 3.63) is 70.8 Å². The summed E-state index contributed by atoms with van der Waals surface area (Å²) >= 11 is 0. The first-order chi connectivity index (χ1) is 10.2. The Kier molecular flexibility index (Phi) is 5.42. The summed E-state index contributed by atoms with van der Waals surface area (Å²) in [5.41, 5.74) is 2.00. The highest BCUT2D eigenvalue weighted by atomic mass is 19.1. The molecule has 112 valence electrons. The molecule has 0 fully saturated rings. The third-order valence-corrected chi connectivity index (χ3v) is 3.48. The highest BCUT2D eigenvalue weighted by Gasteiger charge is 2.20. The lowest BCUT2D eigenvalue weighted by molar-refractivity contribution is 0.202. The van der Waals surface area contributed by atoms with Crippen molar-refractivity contribution in [3.63, 3.8) is 0 Å². The minimum absolute atomic E-state index is 0.0460. The highest BCUT2D eigenvalue weighted by molar-refractivity contribution is 5.35. The van der Waals surface area contributed by atoms with Crippen LogP contribution in [0.1, 0.15) is 22.7 Å². The summed E-state index contributed by atoms with van der Waals surface area (Å²) in [6.07, 6.45) is 0.815. The maximum atomic E-state index is 13.9. The van der Waals surface area contributed by atoms with Crippen molar-refractivity contribution < 1.29 is 13.5 Å². The second kappa shape index (κ2) is 7.29. The summed E-state index contributed by atoms with van der Waals surface area (Å²) in [6.45, 7) is 0.650. The molecule has 1 unspecified atom stereocenters. The summed E-state index contributed by atoms with van der Waals surface area (Å²) in [4.78, 5) is 0. The van der Waals surface area contributed by atoms with E-state index in [0.717, 1.165) is 17.5 Å². The molecule has 0 aromatic heterocycles. The van der Waals surface area contributed by atoms with E-state index in [2.05, 4.69) is 5.32 Å². The fourth-order valence-electron chi connectivity index (χ4n) is 2.36. The van der Waals surface area contributed by atoms with Gasteiger partial charge in [-0.1, -0.05) is 30.3 Å². The molecule has 1 atom stereocenters. The van der Waals surface area contributed by atoms with Crippen LogP contribution in [0.15, 0.2) is 42.5 Å². The van der Waals surface area contributed by atoms with E-state index < -0.39 is 17.7 Å². The SMILES string of the molecule is CNC(c1ccc(CCOC)cc1)c1c(F)cccc1F. The molecule has 2 nitrogen and oxygen atoms in total. The van der Waals surface area contributed by atoms with Gasteiger partial charge in [-0.25, -0.2) is 8.78 Å². The lowest BCUT2D eigenvalue weighted by atomic mass is 9.96. The van der Waals surface area contributed by atoms with Crippen molar-refractivity contribution in [1.29, 1.82) is 0 Å². The average Bonchev–Trinajstić information content (AvgIpc) is 2.50. The third kappa shape index (κ3) is 3.65. The van der Waals surface area contributed by atoms with Crippen LogP contribution in [0.2, 0.25) is 0 Å². The second-order valence-corrected chi connectivity index (χ2v) is 4.84. The predicted octanol–water partition coefficient (Wildman–Crippen LogP) is 3.46. The smallest absolute Gasteiger partial charge is 0.131 e. The van der Waals surface area contributed by atoms with E-state index in [1.54, 1.807) is 14.2 Å². The number of nitrogens with one attached hydrogen (secondary N) is 1. The number of halogens is 2. The van der Waals surface area contributed by atoms with E-state index in [-0.39, 0.29) is 5.56 Å². The summed E-state index contributed by atoms with van der Waals surface area (Å²) in [5.74, 6) is -1.09. The van der Waals surface area contributed by atoms with Gasteiger partial charge in [0, 0.05) is 12.7 Å². The maximum absolute atomic E-state index is 13.9. The molecule has 0 aliphatic rings. The van der Waals surface area contributed by atoms with Crippen LogP contribution < -0.4 is 5.32 Å². The molecule has 0 saturated heterocycles. The molecular formula is C17H19F2NO. The molecule has 0 spiro atoms. The van der Waals surface area contributed by atoms with Crippen LogP contribution in [0.25, 0.3) is 0 Å². The number of ether oxygens (including phenoxy) is 1. The predicted molar refractivity (Wildman–Crippen MR) is 79.3 cm³/mol. The van der Waals surface area contributed by atoms with E-state index in [0.29, 0.717) is 6.61 Å². The third-order valence-electron chi connectivity index (χ3n) is 3.48. The topological polar surface area (TPSA) is 21.3 Å². The standard InChI is InChI=1S/C17H19F2NO/c1-20-17(16-14(18)4-3-5-15(16)19)13-8-6-12(7-9-13)10-11-21-2/h3-9,17,20H,10-11H2,1-2H3. The summed E-state index contributed by atoms with van der Waals surface area (Å²) in [7, 11) is 3.35. The van der Waals surface area contributed by atoms with Gasteiger partial charge in [0.2, 0.25) is 0 Å². The lowest BCUT2D eigenvalue weighted by Gasteiger charge is -2.19. The van der Waals surface area contributed by atoms with Gasteiger partial charge in [-0.05, 0) is 36.7 Å². The van der Waals surface area contributed by atoms with Crippen LogP contribution in [0.4, 0.5) is 8.78 Å². The van der Waals surface area contributed by atoms with Crippen molar-refractivity contribution >= 4 is 0 Å². The van der Waals surface area contributed by atoms with E-state index in [4.69, 9.17) is 4.74 Å². The monoisotopic (exact) mass is 291 g/mol. The van der Waals surface area contributed by atoms with Crippen molar-refractivity contribution in [2.75, 3.05) is 20.8 Å². The largest absolute Gasteiger partial charge is 0.384 e. The lowest BCUT2D eigenvalue weighted by Crippen LogP contribution is -2.20. The van der Waals surface area contributed by atoms with Crippen molar-refractivity contribution in [2.45, 2.75) is 12.5 Å². The molecule has 0 bridgehead atoms. The summed E-state index contributed by atoms with van der Waals surface area (Å²) in [5, 5.41) is 2.97. The van der Waals surface area contributed by atoms with Gasteiger partial charge in [-0.15, -0.1) is 0 Å². The molecule has 4 heteroatoms. The first-order valence-corrected chi connectivity index (χ1v) is 6.86. The van der Waals surface area contributed by atoms with Gasteiger partial charge in [-0.3, -0.25) is 0 Å². The Balaban J connectivity index is 2.29. The van der Waals surface area contributed by atoms with Gasteiger partial charge in [0.1, 0.15) is 11.6 Å². The van der Waals surface area contributed by atoms with Crippen LogP contribution >= 0.6 is 0 Å². The van der Waals surface area contributed by atoms with Gasteiger partial charge in [-0.2, -0.15) is 0 Å². The molecule has 0 aliphatic heterocycles. The molecule has 0 amide bonds. The average molecular weight is 291 g/mol. The quantitative estimate of drug-likeness (QED) is 0.880. The van der Waals surface area contributed by atoms with Crippen LogP contribution in [-0.2, 0) is 11.2 Å². The fraction of sp³-hybridized carbons (Fsp3) is 0.294. The van der Waals surface area contributed by atoms with Crippen LogP contribution in [0, 0.1) is 11.6 Å². The van der Waals surface area contributed by atoms with Gasteiger partial charge in [0.05, 0.1) is 12.6 Å².